The van der Waals surface area contributed by atoms with Crippen molar-refractivity contribution in [3.8, 4) is 110 Å². The number of ether oxygens (including phenoxy) is 4. The van der Waals surface area contributed by atoms with Crippen LogP contribution in [0.3, 0.4) is 0 Å². The molecule has 0 heterocycles. The van der Waals surface area contributed by atoms with Crippen molar-refractivity contribution in [2.75, 3.05) is 7.11 Å². The Morgan fingerprint density at radius 2 is 0.712 bits per heavy atom. The zero-order valence-electron chi connectivity index (χ0n) is 51.9. The quantitative estimate of drug-likeness (QED) is 0.0180. The summed E-state index contributed by atoms with van der Waals surface area (Å²) < 4.78 is 364. The van der Waals surface area contributed by atoms with Crippen LogP contribution in [0, 0.1) is 148 Å². The van der Waals surface area contributed by atoms with E-state index in [9.17, 15) is 87.4 Å². The van der Waals surface area contributed by atoms with Gasteiger partial charge in [0, 0.05) is 18.2 Å². The number of halogens is 20. The molecule has 0 aliphatic heterocycles. The molecule has 10 rings (SSSR count). The van der Waals surface area contributed by atoms with Gasteiger partial charge in [0.05, 0.1) is 45.4 Å². The average molecular weight is 1570 g/mol. The average Bonchev–Trinajstić information content (AvgIpc) is 0.751. The van der Waals surface area contributed by atoms with Gasteiger partial charge in [-0.2, -0.15) is 17.6 Å². The first-order valence-electron chi connectivity index (χ1n) is 26.6. The van der Waals surface area contributed by atoms with E-state index in [1.807, 2.05) is 0 Å². The van der Waals surface area contributed by atoms with Crippen LogP contribution >= 0.6 is 0 Å². The Hall–Kier alpha value is -8.59. The van der Waals surface area contributed by atoms with Crippen molar-refractivity contribution in [1.29, 1.82) is 0 Å². The summed E-state index contributed by atoms with van der Waals surface area (Å²) in [6.07, 6.45) is 10.3. The molecule has 0 bridgehead atoms. The molecule has 10 aromatic rings. The van der Waals surface area contributed by atoms with Crippen LogP contribution in [0.2, 0.25) is 0 Å². The Morgan fingerprint density at radius 1 is 0.356 bits per heavy atom. The predicted molar refractivity (Wildman–Crippen MR) is 312 cm³/mol. The molecule has 0 saturated carbocycles. The minimum atomic E-state index is -5.57. The summed E-state index contributed by atoms with van der Waals surface area (Å²) in [7, 11) is -8.99. The summed E-state index contributed by atoms with van der Waals surface area (Å²) >= 11 is 0. The molecule has 4 N–H and O–H groups in total. The summed E-state index contributed by atoms with van der Waals surface area (Å²) in [5.41, 5.74) is -8.00. The number of aromatic hydroxyl groups is 4. The van der Waals surface area contributed by atoms with Crippen molar-refractivity contribution < 1.29 is 256 Å². The van der Waals surface area contributed by atoms with Crippen molar-refractivity contribution in [1.82, 2.24) is 0 Å². The molecule has 0 aliphatic carbocycles. The van der Waals surface area contributed by atoms with E-state index in [1.165, 1.54) is 61.7 Å². The number of hydrogen-bond donors (Lipinski definition) is 4. The third-order valence-corrected chi connectivity index (χ3v) is 14.4. The van der Waals surface area contributed by atoms with Crippen molar-refractivity contribution in [3.63, 3.8) is 0 Å². The van der Waals surface area contributed by atoms with Gasteiger partial charge in [-0.3, -0.25) is 0 Å². The van der Waals surface area contributed by atoms with Crippen LogP contribution < -0.4 is 122 Å². The molecular formula is C66H32F20K2O14S2. The maximum absolute atomic E-state index is 15.3. The number of phenolic OH excluding ortho intramolecular Hbond substituents is 4. The van der Waals surface area contributed by atoms with Gasteiger partial charge in [-0.1, -0.05) is 17.9 Å². The normalized spacial score (nSPS) is 10.6. The minimum Gasteiger partial charge on any atom is -0.744 e. The molecule has 0 radical (unpaired) electrons. The van der Waals surface area contributed by atoms with Crippen LogP contribution in [0.1, 0.15) is 16.7 Å². The number of methoxy groups -OCH3 is 1. The smallest absolute Gasteiger partial charge is 0.744 e. The Bertz CT molecular complexity index is 5040. The molecular weight excluding hydrogens is 1540 g/mol. The molecule has 0 unspecified atom stereocenters. The van der Waals surface area contributed by atoms with E-state index < -0.39 is 192 Å². The third-order valence-electron chi connectivity index (χ3n) is 12.7. The minimum absolute atomic E-state index is 0. The van der Waals surface area contributed by atoms with E-state index in [-0.39, 0.29) is 154 Å². The van der Waals surface area contributed by atoms with Crippen molar-refractivity contribution in [2.45, 2.75) is 16.7 Å². The summed E-state index contributed by atoms with van der Waals surface area (Å²) in [5, 5.41) is 35.0. The van der Waals surface area contributed by atoms with Gasteiger partial charge >= 0.3 is 103 Å². The van der Waals surface area contributed by atoms with E-state index in [1.54, 1.807) is 13.0 Å². The first-order chi connectivity index (χ1) is 47.6. The molecule has 0 atom stereocenters. The van der Waals surface area contributed by atoms with Crippen molar-refractivity contribution >= 4 is 20.2 Å². The van der Waals surface area contributed by atoms with Gasteiger partial charge in [0.1, 0.15) is 88.5 Å². The van der Waals surface area contributed by atoms with E-state index >= 15 is 26.3 Å². The molecule has 104 heavy (non-hydrogen) atoms. The van der Waals surface area contributed by atoms with Crippen LogP contribution in [0.15, 0.2) is 131 Å². The van der Waals surface area contributed by atoms with Gasteiger partial charge in [-0.15, -0.1) is 12.8 Å². The van der Waals surface area contributed by atoms with E-state index in [2.05, 4.69) is 11.8 Å². The largest absolute Gasteiger partial charge is 1.00 e. The standard InChI is InChI=1S/C34H18F8O7S.C12F10.C8H4F2.C6H6O5S.C6H6O2.2K/c1-4-16-6-5-15(2)13-21(16)47-19-11-12-20(22(14-19)50(43,44)45)49-34-31(41)27(37)24(28(38)32(34)42)23-25(35)29(39)33(30(40)26(23)36)48-18-9-7-17(46-3)8-10-18;13-3-1(4(14)8(18)11(21)7(3)17)2-5(15)9(19)12(22)10(20)6(2)16;1-2-6-3-4-7(9)5-8(6)10;7-4-1-2-5(8)6(3-4)12(9,10)11;7-5-1-2-6(8)4-3-5;;/h1,5-14H,2-3H3,(H,43,44,45);;1,3-5H;1-3,7-8H,(H,9,10,11);1-4,7-8H;;/q;;;;;2*+1/p-2. The molecule has 0 fully saturated rings. The number of terminal acetylenes is 2. The van der Waals surface area contributed by atoms with Gasteiger partial charge in [0.2, 0.25) is 46.4 Å². The third kappa shape index (κ3) is 20.5. The number of phenols is 4. The van der Waals surface area contributed by atoms with Crippen LogP contribution in [0.5, 0.6) is 63.2 Å². The van der Waals surface area contributed by atoms with Crippen molar-refractivity contribution in [2.24, 2.45) is 0 Å². The topological polar surface area (TPSA) is 232 Å². The SMILES string of the molecule is C#Cc1ccc(C)cc1Oc1ccc(Oc2c(F)c(F)c(-c3c(F)c(F)c(Oc4ccc(OC)cc4)c(F)c3F)c(F)c2F)c(S(=O)(=O)[O-])c1.C#Cc1ccc(F)cc1F.Fc1c(F)c(F)c(-c2c(F)c(F)c(F)c(F)c2F)c(F)c1F.O=S(=O)([O-])c1cc(O)ccc1O.Oc1ccc(O)cc1.[K+].[K+]. The fourth-order valence-corrected chi connectivity index (χ4v) is 9.12. The van der Waals surface area contributed by atoms with E-state index in [0.717, 1.165) is 42.5 Å². The Kier molecular flexibility index (Phi) is 31.2. The number of benzene rings is 10. The molecule has 14 nitrogen and oxygen atoms in total. The summed E-state index contributed by atoms with van der Waals surface area (Å²) in [6, 6.07) is 22.9. The monoisotopic (exact) mass is 1570 g/mol. The van der Waals surface area contributed by atoms with Gasteiger partial charge in [0.15, 0.2) is 69.8 Å². The number of rotatable bonds is 11. The summed E-state index contributed by atoms with van der Waals surface area (Å²) in [5.74, 6) is -49.6. The maximum atomic E-state index is 15.3. The number of aryl methyl sites for hydroxylation is 1. The van der Waals surface area contributed by atoms with Crippen LogP contribution in [0.25, 0.3) is 22.3 Å². The molecule has 10 aromatic carbocycles. The zero-order chi connectivity index (χ0) is 76.5. The molecule has 0 aromatic heterocycles. The van der Waals surface area contributed by atoms with Crippen molar-refractivity contribution in [3.05, 3.63) is 254 Å². The van der Waals surface area contributed by atoms with Gasteiger partial charge in [0.25, 0.3) is 0 Å². The van der Waals surface area contributed by atoms with E-state index in [0.29, 0.717) is 23.8 Å². The molecule has 0 spiro atoms. The maximum Gasteiger partial charge on any atom is 1.00 e. The first-order valence-corrected chi connectivity index (χ1v) is 29.4. The van der Waals surface area contributed by atoms with Crippen LogP contribution in [-0.2, 0) is 20.2 Å². The second-order valence-electron chi connectivity index (χ2n) is 19.4. The zero-order valence-corrected chi connectivity index (χ0v) is 59.8. The van der Waals surface area contributed by atoms with E-state index in [4.69, 9.17) is 52.2 Å². The Labute approximate surface area is 657 Å². The Balaban J connectivity index is 0.000000343. The molecule has 534 valence electrons. The van der Waals surface area contributed by atoms with Gasteiger partial charge in [-0.25, -0.2) is 87.1 Å². The Morgan fingerprint density at radius 3 is 1.09 bits per heavy atom. The molecule has 38 heteroatoms. The fraction of sp³-hybridized carbons (Fsp3) is 0.0303. The molecule has 0 aliphatic rings. The fourth-order valence-electron chi connectivity index (χ4n) is 7.92. The number of hydrogen-bond acceptors (Lipinski definition) is 14. The summed E-state index contributed by atoms with van der Waals surface area (Å²) in [6.45, 7) is 1.67. The first kappa shape index (κ1) is 87.8. The predicted octanol–water partition coefficient (Wildman–Crippen LogP) is 10.8. The van der Waals surface area contributed by atoms with Crippen LogP contribution in [0.4, 0.5) is 87.8 Å². The van der Waals surface area contributed by atoms with Gasteiger partial charge in [-0.05, 0) is 110 Å². The van der Waals surface area contributed by atoms with Crippen LogP contribution in [-0.4, -0.2) is 53.5 Å². The summed E-state index contributed by atoms with van der Waals surface area (Å²) in [4.78, 5) is -2.15. The second-order valence-corrected chi connectivity index (χ2v) is 22.1. The molecule has 0 saturated heterocycles. The molecule has 0 amide bonds. The van der Waals surface area contributed by atoms with Gasteiger partial charge < -0.3 is 48.5 Å². The second kappa shape index (κ2) is 36.9.